The molecule has 0 spiro atoms. The van der Waals surface area contributed by atoms with Gasteiger partial charge in [-0.15, -0.1) is 0 Å². The SMILES string of the molecule is CCCc1oc(/C=C/CCCCCCCCC(=O)SCCNC(=O)CCNC(=O)C(O)C(C)(C)COP(=O)(O)OP(=O)(O)OCC2OC(n3cnc4c(N)ncnc43)C(O)C2OP(=O)(O)O)c(C)c1C. The van der Waals surface area contributed by atoms with Gasteiger partial charge in [0, 0.05) is 43.5 Å². The lowest BCUT2D eigenvalue weighted by Crippen LogP contribution is -2.46. The van der Waals surface area contributed by atoms with Gasteiger partial charge in [0.1, 0.15) is 47.8 Å². The summed E-state index contributed by atoms with van der Waals surface area (Å²) in [6, 6.07) is 0. The Balaban J connectivity index is 1.07. The van der Waals surface area contributed by atoms with Crippen LogP contribution in [0, 0.1) is 19.3 Å². The number of unbranched alkanes of at least 4 members (excludes halogenated alkanes) is 6. The maximum Gasteiger partial charge on any atom is 0.481 e. The fourth-order valence-corrected chi connectivity index (χ4v) is 10.7. The lowest BCUT2D eigenvalue weighted by molar-refractivity contribution is -0.137. The number of carbonyl (C=O) groups is 3. The number of phosphoric acid groups is 3. The molecule has 394 valence electrons. The van der Waals surface area contributed by atoms with Gasteiger partial charge >= 0.3 is 23.5 Å². The third kappa shape index (κ3) is 18.6. The molecule has 1 saturated heterocycles. The van der Waals surface area contributed by atoms with Crippen LogP contribution in [0.15, 0.2) is 23.1 Å². The molecule has 0 saturated carbocycles. The molecule has 1 fully saturated rings. The van der Waals surface area contributed by atoms with Gasteiger partial charge in [0.05, 0.1) is 19.5 Å². The van der Waals surface area contributed by atoms with Crippen LogP contribution >= 0.6 is 35.2 Å². The first kappa shape index (κ1) is 59.1. The van der Waals surface area contributed by atoms with Crippen LogP contribution in [0.2, 0.25) is 0 Å². The minimum Gasteiger partial charge on any atom is -0.461 e. The molecule has 3 aromatic heterocycles. The molecule has 7 unspecified atom stereocenters. The number of furan rings is 1. The second-order valence-electron chi connectivity index (χ2n) is 17.2. The highest BCUT2D eigenvalue weighted by molar-refractivity contribution is 8.13. The Morgan fingerprint density at radius 3 is 2.34 bits per heavy atom. The molecule has 0 bridgehead atoms. The predicted octanol–water partition coefficient (Wildman–Crippen LogP) is 4.66. The van der Waals surface area contributed by atoms with Crippen molar-refractivity contribution < 1.29 is 84.9 Å². The van der Waals surface area contributed by atoms with Gasteiger partial charge in [-0.25, -0.2) is 28.6 Å². The number of hydrogen-bond acceptors (Lipinski definition) is 19. The van der Waals surface area contributed by atoms with Crippen molar-refractivity contribution in [1.29, 1.82) is 0 Å². The van der Waals surface area contributed by atoms with E-state index in [0.29, 0.717) is 12.2 Å². The van der Waals surface area contributed by atoms with Crippen LogP contribution in [0.3, 0.4) is 0 Å². The zero-order valence-corrected chi connectivity index (χ0v) is 43.2. The third-order valence-electron chi connectivity index (χ3n) is 11.1. The van der Waals surface area contributed by atoms with E-state index in [4.69, 9.17) is 23.9 Å². The van der Waals surface area contributed by atoms with Gasteiger partial charge in [-0.3, -0.25) is 32.5 Å². The van der Waals surface area contributed by atoms with Gasteiger partial charge in [-0.05, 0) is 56.7 Å². The summed E-state index contributed by atoms with van der Waals surface area (Å²) >= 11 is 1.14. The summed E-state index contributed by atoms with van der Waals surface area (Å²) in [5, 5.41) is 26.7. The average Bonchev–Trinajstić information content (AvgIpc) is 3.93. The van der Waals surface area contributed by atoms with Gasteiger partial charge in [0.2, 0.25) is 11.8 Å². The zero-order chi connectivity index (χ0) is 51.9. The van der Waals surface area contributed by atoms with Gasteiger partial charge in [-0.1, -0.05) is 64.3 Å². The van der Waals surface area contributed by atoms with Crippen molar-refractivity contribution in [1.82, 2.24) is 30.2 Å². The van der Waals surface area contributed by atoms with E-state index in [1.54, 1.807) is 0 Å². The van der Waals surface area contributed by atoms with Crippen molar-refractivity contribution in [2.45, 2.75) is 136 Å². The van der Waals surface area contributed by atoms with Gasteiger partial charge in [0.15, 0.2) is 22.8 Å². The minimum absolute atomic E-state index is 0.0307. The Labute approximate surface area is 409 Å². The summed E-state index contributed by atoms with van der Waals surface area (Å²) in [7, 11) is -16.4. The van der Waals surface area contributed by atoms with E-state index >= 15 is 0 Å². The molecule has 25 nitrogen and oxygen atoms in total. The number of nitrogens with two attached hydrogens (primary N) is 1. The summed E-state index contributed by atoms with van der Waals surface area (Å²) in [5.74, 6) is 0.957. The van der Waals surface area contributed by atoms with E-state index in [1.165, 1.54) is 25.0 Å². The van der Waals surface area contributed by atoms with E-state index in [1.807, 2.05) is 0 Å². The van der Waals surface area contributed by atoms with Gasteiger partial charge in [-0.2, -0.15) is 4.31 Å². The smallest absolute Gasteiger partial charge is 0.461 e. The molecule has 0 aromatic carbocycles. The van der Waals surface area contributed by atoms with E-state index in [2.05, 4.69) is 67.3 Å². The van der Waals surface area contributed by atoms with Crippen molar-refractivity contribution in [2.75, 3.05) is 37.8 Å². The number of nitrogen functional groups attached to an aromatic ring is 1. The zero-order valence-electron chi connectivity index (χ0n) is 39.7. The Bertz CT molecular complexity index is 2400. The summed E-state index contributed by atoms with van der Waals surface area (Å²) < 4.78 is 68.5. The molecule has 4 heterocycles. The first-order chi connectivity index (χ1) is 32.8. The molecule has 2 amide bonds. The van der Waals surface area contributed by atoms with Crippen molar-refractivity contribution in [3.05, 3.63) is 41.4 Å². The molecule has 0 aliphatic carbocycles. The highest BCUT2D eigenvalue weighted by atomic mass is 32.2. The second-order valence-corrected chi connectivity index (χ2v) is 22.6. The number of imidazole rings is 1. The summed E-state index contributed by atoms with van der Waals surface area (Å²) in [6.07, 6.45) is 6.91. The normalized spacial score (nSPS) is 19.9. The maximum absolute atomic E-state index is 12.8. The number of aryl methyl sites for hydroxylation is 1. The quantitative estimate of drug-likeness (QED) is 0.0312. The summed E-state index contributed by atoms with van der Waals surface area (Å²) in [5.41, 5.74) is 6.72. The standard InChI is InChI=1S/C41H66N7O18P3S/c1-6-15-28-26(2)27(3)29(63-28)16-13-11-9-7-8-10-12-14-17-32(50)70-21-20-43-31(49)18-19-44-39(53)36(52)41(4,5)23-62-69(59,60)66-68(57,58)61-22-30-35(65-67(54,55)56)34(51)40(64-30)48-25-47-33-37(42)45-24-46-38(33)48/h13,16,24-25,30,34-36,40,51-52H,6-12,14-15,17-23H2,1-5H3,(H,43,49)(H,44,53)(H,57,58)(H,59,60)(H2,42,45,46)(H2,54,55,56)/b16-13+. The van der Waals surface area contributed by atoms with Gasteiger partial charge in [0.25, 0.3) is 0 Å². The number of nitrogens with zero attached hydrogens (tertiary/aromatic N) is 4. The molecule has 10 N–H and O–H groups in total. The Morgan fingerprint density at radius 2 is 1.64 bits per heavy atom. The Kier molecular flexibility index (Phi) is 22.8. The predicted molar refractivity (Wildman–Crippen MR) is 255 cm³/mol. The van der Waals surface area contributed by atoms with Crippen molar-refractivity contribution in [3.8, 4) is 0 Å². The van der Waals surface area contributed by atoms with Crippen LogP contribution in [0.1, 0.15) is 114 Å². The highest BCUT2D eigenvalue weighted by Gasteiger charge is 2.50. The summed E-state index contributed by atoms with van der Waals surface area (Å²) in [6.45, 7) is 6.88. The number of hydrogen-bond donors (Lipinski definition) is 9. The van der Waals surface area contributed by atoms with E-state index in [9.17, 15) is 57.9 Å². The number of thioether (sulfide) groups is 1. The van der Waals surface area contributed by atoms with Gasteiger partial charge < -0.3 is 55.3 Å². The number of phosphoric ester groups is 3. The number of aromatic nitrogens is 4. The highest BCUT2D eigenvalue weighted by Crippen LogP contribution is 2.61. The lowest BCUT2D eigenvalue weighted by atomic mass is 9.87. The van der Waals surface area contributed by atoms with Crippen LogP contribution in [0.5, 0.6) is 0 Å². The molecule has 4 rings (SSSR count). The number of rotatable bonds is 31. The topological polar surface area (TPSA) is 377 Å². The molecular formula is C41H66N7O18P3S. The number of allylic oxidation sites excluding steroid dienone is 1. The number of anilines is 1. The van der Waals surface area contributed by atoms with Crippen molar-refractivity contribution in [3.63, 3.8) is 0 Å². The van der Waals surface area contributed by atoms with Crippen LogP contribution in [0.4, 0.5) is 5.82 Å². The summed E-state index contributed by atoms with van der Waals surface area (Å²) in [4.78, 5) is 88.5. The molecular weight excluding hydrogens is 1000 g/mol. The fourth-order valence-electron chi connectivity index (χ4n) is 7.10. The van der Waals surface area contributed by atoms with Crippen LogP contribution in [0.25, 0.3) is 17.2 Å². The largest absolute Gasteiger partial charge is 0.481 e. The first-order valence-electron chi connectivity index (χ1n) is 22.6. The molecule has 1 aliphatic heterocycles. The number of ether oxygens (including phenoxy) is 1. The maximum atomic E-state index is 12.8. The first-order valence-corrected chi connectivity index (χ1v) is 28.2. The number of nitrogens with one attached hydrogen (secondary N) is 2. The number of amides is 2. The Morgan fingerprint density at radius 1 is 0.957 bits per heavy atom. The van der Waals surface area contributed by atoms with Crippen molar-refractivity contribution >= 4 is 75.2 Å². The lowest BCUT2D eigenvalue weighted by Gasteiger charge is -2.30. The fraction of sp³-hybridized carbons (Fsp3) is 0.659. The molecule has 1 aliphatic rings. The molecule has 7 atom stereocenters. The number of aliphatic hydroxyl groups excluding tert-OH is 2. The number of aliphatic hydroxyl groups is 2. The molecule has 0 radical (unpaired) electrons. The number of carbonyl (C=O) groups excluding carboxylic acids is 3. The average molecular weight is 1070 g/mol. The monoisotopic (exact) mass is 1070 g/mol. The minimum atomic E-state index is -5.58. The molecule has 3 aromatic rings. The van der Waals surface area contributed by atoms with Crippen LogP contribution in [-0.4, -0.2) is 123 Å². The molecule has 29 heteroatoms. The third-order valence-corrected chi connectivity index (χ3v) is 15.1. The van der Waals surface area contributed by atoms with Crippen LogP contribution in [-0.2, 0) is 57.1 Å². The number of fused-ring (bicyclic) bond motifs is 1. The van der Waals surface area contributed by atoms with Crippen molar-refractivity contribution in [2.24, 2.45) is 5.41 Å². The van der Waals surface area contributed by atoms with E-state index < -0.39 is 84.6 Å². The molecule has 70 heavy (non-hydrogen) atoms. The second kappa shape index (κ2) is 27.0. The van der Waals surface area contributed by atoms with Crippen LogP contribution < -0.4 is 16.4 Å². The Hall–Kier alpha value is -3.42. The van der Waals surface area contributed by atoms with E-state index in [-0.39, 0.29) is 41.6 Å². The van der Waals surface area contributed by atoms with E-state index in [0.717, 1.165) is 98.3 Å².